The van der Waals surface area contributed by atoms with Gasteiger partial charge in [-0.15, -0.1) is 14.8 Å². The minimum absolute atomic E-state index is 0.302. The largest absolute Gasteiger partial charge is 0.481 e. The highest BCUT2D eigenvalue weighted by Gasteiger charge is 2.38. The van der Waals surface area contributed by atoms with Gasteiger partial charge in [-0.25, -0.2) is 0 Å². The summed E-state index contributed by atoms with van der Waals surface area (Å²) in [6, 6.07) is 12.0. The van der Waals surface area contributed by atoms with Crippen LogP contribution in [0.1, 0.15) is 18.4 Å². The zero-order chi connectivity index (χ0) is 16.0. The van der Waals surface area contributed by atoms with Crippen LogP contribution in [-0.4, -0.2) is 43.9 Å². The molecule has 1 fully saturated rings. The monoisotopic (exact) mass is 320 g/mol. The van der Waals surface area contributed by atoms with Crippen LogP contribution in [0, 0.1) is 0 Å². The van der Waals surface area contributed by atoms with Gasteiger partial charge >= 0.3 is 0 Å². The van der Waals surface area contributed by atoms with Gasteiger partial charge in [-0.1, -0.05) is 24.3 Å². The van der Waals surface area contributed by atoms with Crippen molar-refractivity contribution in [2.75, 3.05) is 18.0 Å². The summed E-state index contributed by atoms with van der Waals surface area (Å²) in [7, 11) is 0. The lowest BCUT2D eigenvalue weighted by Crippen LogP contribution is -2.51. The fourth-order valence-corrected chi connectivity index (χ4v) is 3.48. The van der Waals surface area contributed by atoms with Crippen LogP contribution in [0.25, 0.3) is 11.7 Å². The number of rotatable bonds is 1. The molecule has 3 aromatic rings. The van der Waals surface area contributed by atoms with Crippen molar-refractivity contribution < 1.29 is 4.74 Å². The Hall–Kier alpha value is -2.96. The fourth-order valence-electron chi connectivity index (χ4n) is 3.48. The molecule has 2 aromatic heterocycles. The van der Waals surface area contributed by atoms with Crippen molar-refractivity contribution in [1.82, 2.24) is 25.3 Å². The maximum Gasteiger partial charge on any atom is 0.200 e. The summed E-state index contributed by atoms with van der Waals surface area (Å²) in [5.74, 6) is 1.82. The molecular weight excluding hydrogens is 304 g/mol. The third kappa shape index (κ3) is 2.12. The second-order valence-electron chi connectivity index (χ2n) is 6.28. The molecule has 4 heterocycles. The maximum atomic E-state index is 6.38. The van der Waals surface area contributed by atoms with Crippen LogP contribution in [0.2, 0.25) is 0 Å². The number of nitrogens with zero attached hydrogens (tertiary/aromatic N) is 6. The predicted octanol–water partition coefficient (Wildman–Crippen LogP) is 1.96. The average Bonchev–Trinajstić information content (AvgIpc) is 3.09. The van der Waals surface area contributed by atoms with Crippen LogP contribution in [0.3, 0.4) is 0 Å². The number of anilines is 1. The van der Waals surface area contributed by atoms with Gasteiger partial charge in [-0.3, -0.25) is 0 Å². The number of fused-ring (bicyclic) bond motifs is 2. The standard InChI is InChI=1S/C17H16N6O/c1-2-5-14-13(4-1)8-10-17(24-14)9-3-11-22(12-17)16-7-6-15-18-20-21-23(15)19-16/h1-2,4-8,10H,3,9,11-12H2. The van der Waals surface area contributed by atoms with E-state index in [1.54, 1.807) is 0 Å². The minimum atomic E-state index is -0.302. The van der Waals surface area contributed by atoms with Crippen molar-refractivity contribution in [2.45, 2.75) is 18.4 Å². The predicted molar refractivity (Wildman–Crippen MR) is 88.9 cm³/mol. The molecule has 0 saturated carbocycles. The van der Waals surface area contributed by atoms with Gasteiger partial charge in [0.25, 0.3) is 0 Å². The number of hydrogen-bond acceptors (Lipinski definition) is 6. The van der Waals surface area contributed by atoms with E-state index >= 15 is 0 Å². The lowest BCUT2D eigenvalue weighted by molar-refractivity contribution is 0.0984. The zero-order valence-corrected chi connectivity index (χ0v) is 13.0. The third-order valence-corrected chi connectivity index (χ3v) is 4.66. The number of ether oxygens (including phenoxy) is 1. The molecule has 0 radical (unpaired) electrons. The lowest BCUT2D eigenvalue weighted by atomic mass is 9.89. The molecule has 2 aliphatic heterocycles. The molecule has 7 nitrogen and oxygen atoms in total. The molecule has 1 spiro atoms. The summed E-state index contributed by atoms with van der Waals surface area (Å²) in [5.41, 5.74) is 1.48. The second kappa shape index (κ2) is 5.02. The van der Waals surface area contributed by atoms with Crippen LogP contribution in [-0.2, 0) is 0 Å². The van der Waals surface area contributed by atoms with Crippen molar-refractivity contribution in [1.29, 1.82) is 0 Å². The van der Waals surface area contributed by atoms with Gasteiger partial charge < -0.3 is 9.64 Å². The lowest BCUT2D eigenvalue weighted by Gasteiger charge is -2.43. The van der Waals surface area contributed by atoms with Crippen LogP contribution >= 0.6 is 0 Å². The molecule has 5 rings (SSSR count). The van der Waals surface area contributed by atoms with Crippen molar-refractivity contribution in [3.05, 3.63) is 48.0 Å². The maximum absolute atomic E-state index is 6.38. The van der Waals surface area contributed by atoms with Crippen molar-refractivity contribution >= 4 is 17.5 Å². The zero-order valence-electron chi connectivity index (χ0n) is 13.0. The van der Waals surface area contributed by atoms with E-state index in [2.05, 4.69) is 43.7 Å². The van der Waals surface area contributed by atoms with E-state index in [1.807, 2.05) is 30.3 Å². The first kappa shape index (κ1) is 13.5. The number of aromatic nitrogens is 5. The highest BCUT2D eigenvalue weighted by Crippen LogP contribution is 2.36. The van der Waals surface area contributed by atoms with Crippen molar-refractivity contribution in [2.24, 2.45) is 0 Å². The van der Waals surface area contributed by atoms with Crippen molar-refractivity contribution in [3.63, 3.8) is 0 Å². The van der Waals surface area contributed by atoms with Gasteiger partial charge in [0, 0.05) is 12.1 Å². The van der Waals surface area contributed by atoms with Gasteiger partial charge in [-0.05, 0) is 47.5 Å². The molecule has 0 aliphatic carbocycles. The van der Waals surface area contributed by atoms with Crippen LogP contribution in [0.15, 0.2) is 42.5 Å². The Labute approximate surface area is 138 Å². The molecule has 1 aromatic carbocycles. The molecule has 1 atom stereocenters. The Bertz CT molecular complexity index is 935. The van der Waals surface area contributed by atoms with Gasteiger partial charge in [0.05, 0.1) is 6.54 Å². The average molecular weight is 320 g/mol. The highest BCUT2D eigenvalue weighted by atomic mass is 16.5. The number of hydrogen-bond donors (Lipinski definition) is 0. The molecule has 7 heteroatoms. The van der Waals surface area contributed by atoms with E-state index in [1.165, 1.54) is 4.63 Å². The van der Waals surface area contributed by atoms with Gasteiger partial charge in [0.15, 0.2) is 11.5 Å². The Morgan fingerprint density at radius 2 is 2.08 bits per heavy atom. The number of para-hydroxylation sites is 1. The number of benzene rings is 1. The number of tetrazole rings is 1. The molecule has 1 saturated heterocycles. The molecule has 2 aliphatic rings. The molecular formula is C17H16N6O. The van der Waals surface area contributed by atoms with Gasteiger partial charge in [0.2, 0.25) is 0 Å². The van der Waals surface area contributed by atoms with Gasteiger partial charge in [0.1, 0.15) is 11.4 Å². The van der Waals surface area contributed by atoms with E-state index in [0.29, 0.717) is 5.65 Å². The van der Waals surface area contributed by atoms with Gasteiger partial charge in [-0.2, -0.15) is 0 Å². The van der Waals surface area contributed by atoms with E-state index in [4.69, 9.17) is 4.74 Å². The second-order valence-corrected chi connectivity index (χ2v) is 6.28. The Morgan fingerprint density at radius 1 is 1.12 bits per heavy atom. The van der Waals surface area contributed by atoms with Crippen LogP contribution in [0.4, 0.5) is 5.82 Å². The van der Waals surface area contributed by atoms with E-state index in [-0.39, 0.29) is 5.60 Å². The SMILES string of the molecule is C1=CC2(CCCN(c3ccc4nnnn4n3)C2)Oc2ccccc21. The molecule has 0 amide bonds. The Balaban J connectivity index is 1.46. The minimum Gasteiger partial charge on any atom is -0.481 e. The Morgan fingerprint density at radius 3 is 3.08 bits per heavy atom. The summed E-state index contributed by atoms with van der Waals surface area (Å²) >= 11 is 0. The Kier molecular flexibility index (Phi) is 2.82. The fraction of sp³-hybridized carbons (Fsp3) is 0.294. The van der Waals surface area contributed by atoms with E-state index < -0.39 is 0 Å². The first-order valence-corrected chi connectivity index (χ1v) is 8.09. The number of piperidine rings is 1. The molecule has 0 N–H and O–H groups in total. The first-order chi connectivity index (χ1) is 11.8. The van der Waals surface area contributed by atoms with E-state index in [0.717, 1.165) is 43.1 Å². The topological polar surface area (TPSA) is 68.4 Å². The van der Waals surface area contributed by atoms with Crippen LogP contribution in [0.5, 0.6) is 5.75 Å². The van der Waals surface area contributed by atoms with Crippen molar-refractivity contribution in [3.8, 4) is 5.75 Å². The summed E-state index contributed by atoms with van der Waals surface area (Å²) in [4.78, 5) is 2.24. The summed E-state index contributed by atoms with van der Waals surface area (Å²) in [6.45, 7) is 1.71. The quantitative estimate of drug-likeness (QED) is 0.683. The summed E-state index contributed by atoms with van der Waals surface area (Å²) in [5, 5.41) is 15.9. The normalized spacial score (nSPS) is 22.6. The first-order valence-electron chi connectivity index (χ1n) is 8.09. The molecule has 24 heavy (non-hydrogen) atoms. The highest BCUT2D eigenvalue weighted by molar-refractivity contribution is 5.61. The third-order valence-electron chi connectivity index (χ3n) is 4.66. The smallest absolute Gasteiger partial charge is 0.200 e. The summed E-state index contributed by atoms with van der Waals surface area (Å²) < 4.78 is 7.84. The van der Waals surface area contributed by atoms with Crippen LogP contribution < -0.4 is 9.64 Å². The molecule has 120 valence electrons. The molecule has 0 bridgehead atoms. The molecule has 1 unspecified atom stereocenters. The van der Waals surface area contributed by atoms with E-state index in [9.17, 15) is 0 Å². The summed E-state index contributed by atoms with van der Waals surface area (Å²) in [6.07, 6.45) is 6.40.